The summed E-state index contributed by atoms with van der Waals surface area (Å²) in [4.78, 5) is 21.1. The number of aryl methyl sites for hydroxylation is 1. The van der Waals surface area contributed by atoms with Crippen molar-refractivity contribution in [2.24, 2.45) is 10.9 Å². The number of rotatable bonds is 6. The molecule has 1 aliphatic heterocycles. The quantitative estimate of drug-likeness (QED) is 0.598. The number of aromatic nitrogens is 3. The van der Waals surface area contributed by atoms with E-state index in [-0.39, 0.29) is 0 Å². The second-order valence-corrected chi connectivity index (χ2v) is 9.55. The van der Waals surface area contributed by atoms with Gasteiger partial charge in [-0.3, -0.25) is 4.99 Å². The molecule has 7 nitrogen and oxygen atoms in total. The molecule has 0 bridgehead atoms. The minimum absolute atomic E-state index is 0.801. The van der Waals surface area contributed by atoms with E-state index in [1.54, 1.807) is 22.7 Å². The zero-order chi connectivity index (χ0) is 20.5. The van der Waals surface area contributed by atoms with E-state index >= 15 is 0 Å². The molecule has 0 spiro atoms. The molecule has 3 aromatic rings. The Kier molecular flexibility index (Phi) is 5.39. The second kappa shape index (κ2) is 8.31. The standard InChI is InChI=1S/C21H25N7S2/c1-13-15(6-7-18(24-13)28(2)10-14-4-5-14)19-25-16(11-29-19)17-12-30-21(26-17)27-20-22-8-3-9-23-20/h6-7,11-12,14H,3-5,8-10H2,1-2H3,(H2,22,23,26,27). The van der Waals surface area contributed by atoms with Crippen LogP contribution in [0.1, 0.15) is 25.0 Å². The molecule has 4 heterocycles. The Labute approximate surface area is 184 Å². The largest absolute Gasteiger partial charge is 0.359 e. The van der Waals surface area contributed by atoms with Gasteiger partial charge in [-0.25, -0.2) is 15.0 Å². The normalized spacial score (nSPS) is 16.1. The van der Waals surface area contributed by atoms with Crippen LogP contribution in [0, 0.1) is 12.8 Å². The number of nitrogens with zero attached hydrogens (tertiary/aromatic N) is 5. The lowest BCUT2D eigenvalue weighted by Crippen LogP contribution is -2.35. The summed E-state index contributed by atoms with van der Waals surface area (Å²) in [5.41, 5.74) is 3.88. The lowest BCUT2D eigenvalue weighted by atomic mass is 10.2. The van der Waals surface area contributed by atoms with Crippen molar-refractivity contribution >= 4 is 39.6 Å². The lowest BCUT2D eigenvalue weighted by molar-refractivity contribution is 0.740. The van der Waals surface area contributed by atoms with Crippen molar-refractivity contribution in [3.8, 4) is 22.0 Å². The Bertz CT molecular complexity index is 1070. The molecule has 2 N–H and O–H groups in total. The summed E-state index contributed by atoms with van der Waals surface area (Å²) in [6, 6.07) is 4.25. The van der Waals surface area contributed by atoms with E-state index in [0.717, 1.165) is 76.5 Å². The van der Waals surface area contributed by atoms with E-state index in [2.05, 4.69) is 57.0 Å². The topological polar surface area (TPSA) is 78.3 Å². The number of nitrogens with one attached hydrogen (secondary N) is 2. The van der Waals surface area contributed by atoms with Crippen molar-refractivity contribution in [1.29, 1.82) is 0 Å². The molecule has 0 atom stereocenters. The molecular weight excluding hydrogens is 414 g/mol. The highest BCUT2D eigenvalue weighted by molar-refractivity contribution is 7.14. The van der Waals surface area contributed by atoms with E-state index < -0.39 is 0 Å². The molecule has 0 amide bonds. The number of anilines is 2. The smallest absolute Gasteiger partial charge is 0.197 e. The number of hydrogen-bond acceptors (Lipinski definition) is 9. The van der Waals surface area contributed by atoms with E-state index in [1.165, 1.54) is 12.8 Å². The third-order valence-corrected chi connectivity index (χ3v) is 6.95. The fourth-order valence-electron chi connectivity index (χ4n) is 3.45. The summed E-state index contributed by atoms with van der Waals surface area (Å²) in [7, 11) is 2.13. The lowest BCUT2D eigenvalue weighted by Gasteiger charge is -2.18. The monoisotopic (exact) mass is 439 g/mol. The molecule has 9 heteroatoms. The molecule has 0 radical (unpaired) electrons. The van der Waals surface area contributed by atoms with E-state index in [1.807, 2.05) is 5.38 Å². The van der Waals surface area contributed by atoms with Crippen molar-refractivity contribution < 1.29 is 0 Å². The molecule has 5 rings (SSSR count). The van der Waals surface area contributed by atoms with Crippen molar-refractivity contribution in [3.05, 3.63) is 28.6 Å². The Morgan fingerprint density at radius 3 is 2.73 bits per heavy atom. The number of guanidine groups is 1. The first-order valence-corrected chi connectivity index (χ1v) is 12.1. The van der Waals surface area contributed by atoms with Crippen LogP contribution in [0.2, 0.25) is 0 Å². The van der Waals surface area contributed by atoms with Crippen molar-refractivity contribution in [2.75, 3.05) is 36.9 Å². The van der Waals surface area contributed by atoms with Gasteiger partial charge in [-0.15, -0.1) is 22.7 Å². The Morgan fingerprint density at radius 2 is 1.97 bits per heavy atom. The Balaban J connectivity index is 1.31. The molecule has 1 fully saturated rings. The highest BCUT2D eigenvalue weighted by Crippen LogP contribution is 2.34. The maximum atomic E-state index is 4.84. The van der Waals surface area contributed by atoms with Crippen molar-refractivity contribution in [1.82, 2.24) is 20.3 Å². The zero-order valence-corrected chi connectivity index (χ0v) is 18.8. The molecule has 1 aliphatic carbocycles. The fraction of sp³-hybridized carbons (Fsp3) is 0.429. The van der Waals surface area contributed by atoms with E-state index in [4.69, 9.17) is 9.97 Å². The van der Waals surface area contributed by atoms with Crippen molar-refractivity contribution in [2.45, 2.75) is 26.2 Å². The summed E-state index contributed by atoms with van der Waals surface area (Å²) in [6.45, 7) is 4.95. The van der Waals surface area contributed by atoms with Crippen LogP contribution in [0.15, 0.2) is 27.9 Å². The van der Waals surface area contributed by atoms with Crippen molar-refractivity contribution in [3.63, 3.8) is 0 Å². The highest BCUT2D eigenvalue weighted by atomic mass is 32.1. The Hall–Kier alpha value is -2.52. The maximum absolute atomic E-state index is 4.84. The van der Waals surface area contributed by atoms with Gasteiger partial charge < -0.3 is 15.5 Å². The molecule has 156 valence electrons. The van der Waals surface area contributed by atoms with Gasteiger partial charge in [-0.05, 0) is 44.2 Å². The first kappa shape index (κ1) is 19.4. The molecular formula is C21H25N7S2. The van der Waals surface area contributed by atoms with E-state index in [9.17, 15) is 0 Å². The third-order valence-electron chi connectivity index (χ3n) is 5.31. The maximum Gasteiger partial charge on any atom is 0.197 e. The van der Waals surface area contributed by atoms with Gasteiger partial charge in [0.2, 0.25) is 0 Å². The molecule has 0 saturated heterocycles. The summed E-state index contributed by atoms with van der Waals surface area (Å²) >= 11 is 3.20. The average molecular weight is 440 g/mol. The Morgan fingerprint density at radius 1 is 1.13 bits per heavy atom. The molecule has 0 aromatic carbocycles. The predicted molar refractivity (Wildman–Crippen MR) is 126 cm³/mol. The summed E-state index contributed by atoms with van der Waals surface area (Å²) in [5, 5.41) is 12.4. The zero-order valence-electron chi connectivity index (χ0n) is 17.2. The number of aliphatic imine (C=N–C) groups is 1. The molecule has 3 aromatic heterocycles. The van der Waals surface area contributed by atoms with Crippen LogP contribution in [0.5, 0.6) is 0 Å². The number of hydrogen-bond donors (Lipinski definition) is 2. The molecule has 2 aliphatic rings. The first-order chi connectivity index (χ1) is 14.7. The molecule has 30 heavy (non-hydrogen) atoms. The third kappa shape index (κ3) is 4.32. The minimum Gasteiger partial charge on any atom is -0.359 e. The van der Waals surface area contributed by atoms with Crippen LogP contribution in [0.25, 0.3) is 22.0 Å². The molecule has 1 saturated carbocycles. The molecule has 0 unspecified atom stereocenters. The number of thiazole rings is 2. The average Bonchev–Trinajstić information content (AvgIpc) is 3.24. The second-order valence-electron chi connectivity index (χ2n) is 7.84. The van der Waals surface area contributed by atoms with Gasteiger partial charge in [0.25, 0.3) is 0 Å². The van der Waals surface area contributed by atoms with Gasteiger partial charge in [0.15, 0.2) is 11.1 Å². The highest BCUT2D eigenvalue weighted by Gasteiger charge is 2.23. The van der Waals surface area contributed by atoms with Gasteiger partial charge in [0, 0.05) is 48.7 Å². The van der Waals surface area contributed by atoms with Gasteiger partial charge in [0.1, 0.15) is 22.2 Å². The fourth-order valence-corrected chi connectivity index (χ4v) is 5.04. The summed E-state index contributed by atoms with van der Waals surface area (Å²) in [5.74, 6) is 2.68. The minimum atomic E-state index is 0.801. The SMILES string of the molecule is Cc1nc(N(C)CC2CC2)ccc1-c1nc(-c2csc(NC3=NCCCN3)n2)cs1. The number of pyridine rings is 1. The van der Waals surface area contributed by atoms with Gasteiger partial charge in [-0.1, -0.05) is 0 Å². The van der Waals surface area contributed by atoms with Gasteiger partial charge >= 0.3 is 0 Å². The van der Waals surface area contributed by atoms with Crippen LogP contribution in [0.3, 0.4) is 0 Å². The van der Waals surface area contributed by atoms with Crippen LogP contribution in [0.4, 0.5) is 10.9 Å². The van der Waals surface area contributed by atoms with Crippen LogP contribution in [-0.4, -0.2) is 47.6 Å². The van der Waals surface area contributed by atoms with Gasteiger partial charge in [-0.2, -0.15) is 0 Å². The van der Waals surface area contributed by atoms with Gasteiger partial charge in [0.05, 0.1) is 0 Å². The van der Waals surface area contributed by atoms with Crippen LogP contribution < -0.4 is 15.5 Å². The van der Waals surface area contributed by atoms with E-state index in [0.29, 0.717) is 0 Å². The predicted octanol–water partition coefficient (Wildman–Crippen LogP) is 4.24. The first-order valence-electron chi connectivity index (χ1n) is 10.3. The summed E-state index contributed by atoms with van der Waals surface area (Å²) in [6.07, 6.45) is 3.77. The summed E-state index contributed by atoms with van der Waals surface area (Å²) < 4.78 is 0. The van der Waals surface area contributed by atoms with Crippen LogP contribution in [-0.2, 0) is 0 Å². The van der Waals surface area contributed by atoms with Crippen LogP contribution >= 0.6 is 22.7 Å².